The summed E-state index contributed by atoms with van der Waals surface area (Å²) in [4.78, 5) is 8.45. The van der Waals surface area contributed by atoms with E-state index in [1.807, 2.05) is 12.1 Å². The highest BCUT2D eigenvalue weighted by molar-refractivity contribution is 5.50. The van der Waals surface area contributed by atoms with Crippen LogP contribution in [0, 0.1) is 0 Å². The van der Waals surface area contributed by atoms with Gasteiger partial charge in [-0.15, -0.1) is 0 Å². The van der Waals surface area contributed by atoms with Crippen molar-refractivity contribution in [2.45, 2.75) is 31.2 Å². The van der Waals surface area contributed by atoms with Gasteiger partial charge in [-0.05, 0) is 25.0 Å². The Kier molecular flexibility index (Phi) is 2.60. The van der Waals surface area contributed by atoms with Crippen molar-refractivity contribution in [3.05, 3.63) is 30.4 Å². The van der Waals surface area contributed by atoms with E-state index in [0.717, 1.165) is 30.7 Å². The predicted octanol–water partition coefficient (Wildman–Crippen LogP) is 1.73. The Bertz CT molecular complexity index is 496. The van der Waals surface area contributed by atoms with Crippen molar-refractivity contribution in [3.63, 3.8) is 0 Å². The van der Waals surface area contributed by atoms with E-state index in [1.54, 1.807) is 12.4 Å². The molecule has 2 heterocycles. The van der Waals surface area contributed by atoms with Crippen LogP contribution >= 0.6 is 0 Å². The van der Waals surface area contributed by atoms with Crippen LogP contribution in [0.3, 0.4) is 0 Å². The largest absolute Gasteiger partial charge is 0.334 e. The van der Waals surface area contributed by atoms with Gasteiger partial charge in [-0.2, -0.15) is 4.98 Å². The van der Waals surface area contributed by atoms with Crippen LogP contribution in [-0.4, -0.2) is 21.2 Å². The lowest BCUT2D eigenvalue weighted by Crippen LogP contribution is -2.23. The van der Waals surface area contributed by atoms with Gasteiger partial charge in [-0.25, -0.2) is 0 Å². The van der Waals surface area contributed by atoms with Gasteiger partial charge in [0, 0.05) is 24.4 Å². The van der Waals surface area contributed by atoms with Crippen molar-refractivity contribution in [2.75, 3.05) is 0 Å². The fraction of sp³-hybridized carbons (Fsp3) is 0.417. The van der Waals surface area contributed by atoms with E-state index in [-0.39, 0.29) is 12.0 Å². The summed E-state index contributed by atoms with van der Waals surface area (Å²) in [6.45, 7) is 0. The molecule has 88 valence electrons. The molecule has 0 aliphatic heterocycles. The van der Waals surface area contributed by atoms with E-state index in [1.165, 1.54) is 0 Å². The molecule has 0 aromatic carbocycles. The first-order valence-corrected chi connectivity index (χ1v) is 5.84. The summed E-state index contributed by atoms with van der Waals surface area (Å²) in [5.74, 6) is 1.49. The molecule has 2 N–H and O–H groups in total. The standard InChI is InChI=1S/C12H14N4O/c13-10-5-1-4-9(10)11-15-12(17-16-11)8-3-2-6-14-7-8/h2-3,6-7,9-10H,1,4-5,13H2/t9-,10-/m0/s1. The van der Waals surface area contributed by atoms with Crippen molar-refractivity contribution >= 4 is 0 Å². The second-order valence-corrected chi connectivity index (χ2v) is 4.40. The molecule has 0 unspecified atom stereocenters. The Hall–Kier alpha value is -1.75. The molecule has 0 bridgehead atoms. The maximum Gasteiger partial charge on any atom is 0.259 e. The van der Waals surface area contributed by atoms with Gasteiger partial charge in [-0.3, -0.25) is 4.98 Å². The van der Waals surface area contributed by atoms with Crippen LogP contribution in [0.15, 0.2) is 29.0 Å². The molecule has 0 spiro atoms. The van der Waals surface area contributed by atoms with Crippen molar-refractivity contribution < 1.29 is 4.52 Å². The van der Waals surface area contributed by atoms with Crippen LogP contribution in [0.25, 0.3) is 11.5 Å². The fourth-order valence-corrected chi connectivity index (χ4v) is 2.30. The summed E-state index contributed by atoms with van der Waals surface area (Å²) in [7, 11) is 0. The molecular formula is C12H14N4O. The van der Waals surface area contributed by atoms with Gasteiger partial charge in [-0.1, -0.05) is 11.6 Å². The van der Waals surface area contributed by atoms with E-state index in [0.29, 0.717) is 5.89 Å². The van der Waals surface area contributed by atoms with Gasteiger partial charge in [0.1, 0.15) is 0 Å². The number of nitrogens with two attached hydrogens (primary N) is 1. The summed E-state index contributed by atoms with van der Waals surface area (Å²) in [6, 6.07) is 3.91. The van der Waals surface area contributed by atoms with Crippen LogP contribution in [0.4, 0.5) is 0 Å². The molecule has 2 aromatic heterocycles. The summed E-state index contributed by atoms with van der Waals surface area (Å²) in [6.07, 6.45) is 6.66. The first-order chi connectivity index (χ1) is 8.34. The molecule has 1 fully saturated rings. The Morgan fingerprint density at radius 1 is 1.35 bits per heavy atom. The minimum Gasteiger partial charge on any atom is -0.334 e. The number of hydrogen-bond acceptors (Lipinski definition) is 5. The smallest absolute Gasteiger partial charge is 0.259 e. The highest BCUT2D eigenvalue weighted by atomic mass is 16.5. The summed E-state index contributed by atoms with van der Waals surface area (Å²) < 4.78 is 5.25. The Balaban J connectivity index is 1.88. The highest BCUT2D eigenvalue weighted by Crippen LogP contribution is 2.32. The first-order valence-electron chi connectivity index (χ1n) is 5.84. The molecule has 1 aliphatic rings. The number of rotatable bonds is 2. The number of nitrogens with zero attached hydrogens (tertiary/aromatic N) is 3. The second kappa shape index (κ2) is 4.25. The minimum atomic E-state index is 0.161. The Labute approximate surface area is 99.1 Å². The number of hydrogen-bond donors (Lipinski definition) is 1. The maximum atomic E-state index is 6.02. The summed E-state index contributed by atoms with van der Waals surface area (Å²) >= 11 is 0. The quantitative estimate of drug-likeness (QED) is 0.850. The van der Waals surface area contributed by atoms with Gasteiger partial charge in [0.05, 0.1) is 5.56 Å². The van der Waals surface area contributed by atoms with E-state index in [4.69, 9.17) is 10.3 Å². The number of aromatic nitrogens is 3. The van der Waals surface area contributed by atoms with Crippen LogP contribution < -0.4 is 5.73 Å². The topological polar surface area (TPSA) is 77.8 Å². The molecule has 17 heavy (non-hydrogen) atoms. The SMILES string of the molecule is N[C@H]1CCC[C@@H]1c1noc(-c2cccnc2)n1. The predicted molar refractivity (Wildman–Crippen MR) is 62.1 cm³/mol. The Morgan fingerprint density at radius 2 is 2.29 bits per heavy atom. The van der Waals surface area contributed by atoms with Crippen LogP contribution in [-0.2, 0) is 0 Å². The zero-order valence-corrected chi connectivity index (χ0v) is 9.41. The van der Waals surface area contributed by atoms with E-state index in [2.05, 4.69) is 15.1 Å². The van der Waals surface area contributed by atoms with E-state index >= 15 is 0 Å². The fourth-order valence-electron chi connectivity index (χ4n) is 2.30. The summed E-state index contributed by atoms with van der Waals surface area (Å²) in [5.41, 5.74) is 6.87. The molecule has 3 rings (SSSR count). The van der Waals surface area contributed by atoms with E-state index in [9.17, 15) is 0 Å². The third-order valence-electron chi connectivity index (χ3n) is 3.25. The third kappa shape index (κ3) is 1.93. The van der Waals surface area contributed by atoms with Crippen LogP contribution in [0.2, 0.25) is 0 Å². The minimum absolute atomic E-state index is 0.161. The van der Waals surface area contributed by atoms with Crippen molar-refractivity contribution in [1.29, 1.82) is 0 Å². The van der Waals surface area contributed by atoms with Gasteiger partial charge < -0.3 is 10.3 Å². The molecule has 2 atom stereocenters. The molecule has 5 heteroatoms. The highest BCUT2D eigenvalue weighted by Gasteiger charge is 2.29. The van der Waals surface area contributed by atoms with Gasteiger partial charge >= 0.3 is 0 Å². The normalized spacial score (nSPS) is 24.1. The monoisotopic (exact) mass is 230 g/mol. The third-order valence-corrected chi connectivity index (χ3v) is 3.25. The van der Waals surface area contributed by atoms with Crippen molar-refractivity contribution in [1.82, 2.24) is 15.1 Å². The molecule has 0 saturated heterocycles. The van der Waals surface area contributed by atoms with Gasteiger partial charge in [0.2, 0.25) is 0 Å². The summed E-state index contributed by atoms with van der Waals surface area (Å²) in [5, 5.41) is 4.03. The number of pyridine rings is 1. The molecule has 1 aliphatic carbocycles. The van der Waals surface area contributed by atoms with Crippen LogP contribution in [0.1, 0.15) is 31.0 Å². The van der Waals surface area contributed by atoms with Crippen LogP contribution in [0.5, 0.6) is 0 Å². The van der Waals surface area contributed by atoms with Gasteiger partial charge in [0.15, 0.2) is 5.82 Å². The lowest BCUT2D eigenvalue weighted by atomic mass is 10.0. The Morgan fingerprint density at radius 3 is 3.00 bits per heavy atom. The average Bonchev–Trinajstić information content (AvgIpc) is 2.98. The molecule has 2 aromatic rings. The lowest BCUT2D eigenvalue weighted by molar-refractivity contribution is 0.412. The van der Waals surface area contributed by atoms with Gasteiger partial charge in [0.25, 0.3) is 5.89 Å². The van der Waals surface area contributed by atoms with E-state index < -0.39 is 0 Å². The zero-order valence-electron chi connectivity index (χ0n) is 9.41. The lowest BCUT2D eigenvalue weighted by Gasteiger charge is -2.09. The second-order valence-electron chi connectivity index (χ2n) is 4.40. The maximum absolute atomic E-state index is 6.02. The zero-order chi connectivity index (χ0) is 11.7. The molecule has 0 amide bonds. The van der Waals surface area contributed by atoms with Crippen molar-refractivity contribution in [2.24, 2.45) is 5.73 Å². The average molecular weight is 230 g/mol. The molecule has 0 radical (unpaired) electrons. The first kappa shape index (κ1) is 10.4. The molecular weight excluding hydrogens is 216 g/mol. The molecule has 5 nitrogen and oxygen atoms in total. The van der Waals surface area contributed by atoms with Crippen molar-refractivity contribution in [3.8, 4) is 11.5 Å². The molecule has 1 saturated carbocycles.